The lowest BCUT2D eigenvalue weighted by Crippen LogP contribution is -2.50. The van der Waals surface area contributed by atoms with Crippen LogP contribution in [0.25, 0.3) is 0 Å². The molecule has 0 bridgehead atoms. The largest absolute Gasteiger partial charge is 0.504 e. The van der Waals surface area contributed by atoms with Gasteiger partial charge in [0.15, 0.2) is 5.76 Å². The Morgan fingerprint density at radius 3 is 2.55 bits per heavy atom. The molecule has 0 aromatic rings. The van der Waals surface area contributed by atoms with Gasteiger partial charge in [-0.2, -0.15) is 8.42 Å². The van der Waals surface area contributed by atoms with Gasteiger partial charge in [-0.1, -0.05) is 32.4 Å². The van der Waals surface area contributed by atoms with Crippen LogP contribution < -0.4 is 5.32 Å². The van der Waals surface area contributed by atoms with Gasteiger partial charge in [-0.3, -0.25) is 14.1 Å². The highest BCUT2D eigenvalue weighted by Crippen LogP contribution is 2.62. The molecule has 0 heterocycles. The van der Waals surface area contributed by atoms with Crippen LogP contribution in [-0.2, 0) is 19.7 Å². The van der Waals surface area contributed by atoms with Crippen molar-refractivity contribution in [3.63, 3.8) is 0 Å². The molecule has 4 unspecified atom stereocenters. The number of aliphatic hydroxyl groups is 1. The highest BCUT2D eigenvalue weighted by Gasteiger charge is 2.54. The minimum Gasteiger partial charge on any atom is -0.504 e. The number of hydrogen-bond acceptors (Lipinski definition) is 6. The van der Waals surface area contributed by atoms with Gasteiger partial charge in [0.2, 0.25) is 11.6 Å². The van der Waals surface area contributed by atoms with E-state index in [1.54, 1.807) is 0 Å². The molecule has 0 saturated heterocycles. The Hall–Kier alpha value is -1.93. The first kappa shape index (κ1) is 23.7. The van der Waals surface area contributed by atoms with Gasteiger partial charge in [-0.15, -0.1) is 0 Å². The maximum atomic E-state index is 13.1. The van der Waals surface area contributed by atoms with E-state index >= 15 is 0 Å². The van der Waals surface area contributed by atoms with Crippen LogP contribution in [0.5, 0.6) is 0 Å². The van der Waals surface area contributed by atoms with Gasteiger partial charge in [0.1, 0.15) is 0 Å². The average Bonchev–Trinajstić information content (AvgIpc) is 2.67. The molecule has 0 aromatic heterocycles. The molecule has 0 amide bonds. The number of fused-ring (bicyclic) bond motifs is 1. The van der Waals surface area contributed by atoms with Gasteiger partial charge in [-0.05, 0) is 61.7 Å². The molecule has 1 saturated carbocycles. The summed E-state index contributed by atoms with van der Waals surface area (Å²) in [6.07, 6.45) is 7.65. The first-order valence-corrected chi connectivity index (χ1v) is 12.5. The number of carbonyl (C=O) groups is 2. The Balaban J connectivity index is 1.89. The van der Waals surface area contributed by atoms with Crippen molar-refractivity contribution in [3.8, 4) is 0 Å². The summed E-state index contributed by atoms with van der Waals surface area (Å²) >= 11 is 0. The number of ketones is 2. The fourth-order valence-electron chi connectivity index (χ4n) is 5.88. The van der Waals surface area contributed by atoms with Crippen molar-refractivity contribution < 1.29 is 27.7 Å². The average molecular weight is 452 g/mol. The first-order valence-electron chi connectivity index (χ1n) is 10.9. The normalized spacial score (nSPS) is 34.2. The number of hydrogen-bond donors (Lipinski definition) is 3. The van der Waals surface area contributed by atoms with Crippen LogP contribution in [0.1, 0.15) is 59.8 Å². The molecule has 7 nitrogen and oxygen atoms in total. The molecule has 1 fully saturated rings. The fraction of sp³-hybridized carbons (Fsp3) is 0.652. The molecular weight excluding hydrogens is 418 g/mol. The Kier molecular flexibility index (Phi) is 6.28. The third-order valence-electron chi connectivity index (χ3n) is 8.14. The van der Waals surface area contributed by atoms with Crippen LogP contribution >= 0.6 is 0 Å². The summed E-state index contributed by atoms with van der Waals surface area (Å²) in [5, 5.41) is 13.2. The van der Waals surface area contributed by atoms with Gasteiger partial charge in [0, 0.05) is 18.2 Å². The van der Waals surface area contributed by atoms with E-state index in [0.29, 0.717) is 11.8 Å². The van der Waals surface area contributed by atoms with Crippen LogP contribution in [0.15, 0.2) is 34.8 Å². The zero-order valence-electron chi connectivity index (χ0n) is 18.7. The number of carbonyl (C=O) groups excluding carboxylic acids is 2. The summed E-state index contributed by atoms with van der Waals surface area (Å²) in [5.74, 6) is -1.64. The summed E-state index contributed by atoms with van der Waals surface area (Å²) in [4.78, 5) is 25.5. The molecule has 0 spiro atoms. The van der Waals surface area contributed by atoms with E-state index in [1.807, 2.05) is 0 Å². The predicted molar refractivity (Wildman–Crippen MR) is 118 cm³/mol. The Morgan fingerprint density at radius 2 is 1.90 bits per heavy atom. The van der Waals surface area contributed by atoms with Gasteiger partial charge in [0.05, 0.1) is 11.4 Å². The molecule has 3 rings (SSSR count). The summed E-state index contributed by atoms with van der Waals surface area (Å²) in [7, 11) is -4.20. The lowest BCUT2D eigenvalue weighted by atomic mass is 9.46. The summed E-state index contributed by atoms with van der Waals surface area (Å²) in [6, 6.07) is 0. The van der Waals surface area contributed by atoms with Gasteiger partial charge >= 0.3 is 0 Å². The van der Waals surface area contributed by atoms with Crippen LogP contribution in [0, 0.1) is 22.7 Å². The first-order chi connectivity index (χ1) is 14.3. The molecule has 3 aliphatic rings. The standard InChI is InChI=1S/C23H33NO6S/c1-14-6-5-7-19-22(14,3)9-8-15(2)23(19,4)13-16-20(26)17(12-18(25)21(16)27)24-10-11-31(28,29)30/h6,12,15,19,24,27H,5,7-11,13H2,1-4H3,(H,28,29,30). The second-order valence-electron chi connectivity index (χ2n) is 9.85. The molecule has 3 N–H and O–H groups in total. The van der Waals surface area contributed by atoms with E-state index in [9.17, 15) is 23.1 Å². The molecule has 31 heavy (non-hydrogen) atoms. The highest BCUT2D eigenvalue weighted by atomic mass is 32.2. The van der Waals surface area contributed by atoms with Crippen molar-refractivity contribution in [1.82, 2.24) is 5.32 Å². The van der Waals surface area contributed by atoms with E-state index in [2.05, 4.69) is 39.1 Å². The molecule has 0 aromatic carbocycles. The molecule has 4 atom stereocenters. The zero-order valence-corrected chi connectivity index (χ0v) is 19.5. The summed E-state index contributed by atoms with van der Waals surface area (Å²) < 4.78 is 30.8. The van der Waals surface area contributed by atoms with Gasteiger partial charge in [0.25, 0.3) is 10.1 Å². The van der Waals surface area contributed by atoms with Crippen molar-refractivity contribution >= 4 is 21.7 Å². The number of rotatable bonds is 6. The van der Waals surface area contributed by atoms with Crippen LogP contribution in [0.2, 0.25) is 0 Å². The van der Waals surface area contributed by atoms with Crippen LogP contribution in [0.3, 0.4) is 0 Å². The van der Waals surface area contributed by atoms with E-state index in [1.165, 1.54) is 5.57 Å². The van der Waals surface area contributed by atoms with E-state index in [-0.39, 0.29) is 35.1 Å². The minimum atomic E-state index is -4.20. The molecular formula is C23H33NO6S. The summed E-state index contributed by atoms with van der Waals surface area (Å²) in [6.45, 7) is 8.60. The van der Waals surface area contributed by atoms with Crippen molar-refractivity contribution in [1.29, 1.82) is 0 Å². The minimum absolute atomic E-state index is 0.0316. The number of allylic oxidation sites excluding steroid dienone is 4. The summed E-state index contributed by atoms with van der Waals surface area (Å²) in [5.41, 5.74) is 1.17. The zero-order chi connectivity index (χ0) is 23.2. The second-order valence-corrected chi connectivity index (χ2v) is 11.4. The number of nitrogens with one attached hydrogen (secondary N) is 1. The van der Waals surface area contributed by atoms with Gasteiger partial charge in [-0.25, -0.2) is 0 Å². The van der Waals surface area contributed by atoms with Crippen molar-refractivity contribution in [2.45, 2.75) is 59.8 Å². The maximum absolute atomic E-state index is 13.1. The highest BCUT2D eigenvalue weighted by molar-refractivity contribution is 7.85. The van der Waals surface area contributed by atoms with E-state index in [0.717, 1.165) is 31.8 Å². The Bertz CT molecular complexity index is 992. The second kappa shape index (κ2) is 8.20. The van der Waals surface area contributed by atoms with E-state index in [4.69, 9.17) is 4.55 Å². The van der Waals surface area contributed by atoms with Crippen LogP contribution in [0.4, 0.5) is 0 Å². The van der Waals surface area contributed by atoms with Crippen molar-refractivity contribution in [2.75, 3.05) is 12.3 Å². The topological polar surface area (TPSA) is 121 Å². The molecule has 0 aliphatic heterocycles. The predicted octanol–water partition coefficient (Wildman–Crippen LogP) is 3.50. The lowest BCUT2D eigenvalue weighted by molar-refractivity contribution is -0.118. The molecule has 0 radical (unpaired) electrons. The Morgan fingerprint density at radius 1 is 1.23 bits per heavy atom. The van der Waals surface area contributed by atoms with E-state index < -0.39 is 33.2 Å². The third kappa shape index (κ3) is 4.37. The van der Waals surface area contributed by atoms with Crippen molar-refractivity contribution in [2.24, 2.45) is 22.7 Å². The molecule has 3 aliphatic carbocycles. The SMILES string of the molecule is CC1=CCCC2C1(C)CCC(C)C2(C)CC1=C(O)C(=O)C=C(NCCS(=O)(=O)O)C1=O. The van der Waals surface area contributed by atoms with Gasteiger partial charge < -0.3 is 10.4 Å². The smallest absolute Gasteiger partial charge is 0.266 e. The van der Waals surface area contributed by atoms with Crippen molar-refractivity contribution in [3.05, 3.63) is 34.8 Å². The molecule has 8 heteroatoms. The Labute approximate surface area is 184 Å². The van der Waals surface area contributed by atoms with Crippen LogP contribution in [-0.4, -0.2) is 41.9 Å². The monoisotopic (exact) mass is 451 g/mol. The maximum Gasteiger partial charge on any atom is 0.266 e. The quantitative estimate of drug-likeness (QED) is 0.321. The molecule has 172 valence electrons. The number of aliphatic hydroxyl groups excluding tert-OH is 1. The third-order valence-corrected chi connectivity index (χ3v) is 8.86. The number of Topliss-reactive ketones (excluding diaryl/α,β-unsaturated/α-hetero) is 1. The fourth-order valence-corrected chi connectivity index (χ4v) is 6.24. The lowest BCUT2D eigenvalue weighted by Gasteiger charge is -2.58.